The number of para-hydroxylation sites is 5. The molecule has 6 heteroatoms. The first-order valence-corrected chi connectivity index (χ1v) is 42.8. The number of hydrogen-bond acceptors (Lipinski definition) is 3. The van der Waals surface area contributed by atoms with Gasteiger partial charge in [-0.05, 0) is 235 Å². The number of pyridine rings is 1. The molecule has 23 aromatic rings. The molecule has 1 aliphatic rings. The van der Waals surface area contributed by atoms with Crippen molar-refractivity contribution in [2.75, 3.05) is 9.80 Å². The average Bonchev–Trinajstić information content (AvgIpc) is 1.57. The van der Waals surface area contributed by atoms with Crippen LogP contribution in [-0.2, 0) is 5.41 Å². The highest BCUT2D eigenvalue weighted by Crippen LogP contribution is 2.54. The third-order valence-corrected chi connectivity index (χ3v) is 26.0. The van der Waals surface area contributed by atoms with Crippen molar-refractivity contribution in [2.45, 2.75) is 19.3 Å². The van der Waals surface area contributed by atoms with Crippen LogP contribution in [0, 0.1) is 0 Å². The summed E-state index contributed by atoms with van der Waals surface area (Å²) in [4.78, 5) is 10.4. The summed E-state index contributed by atoms with van der Waals surface area (Å²) in [5.74, 6) is 0. The second-order valence-electron chi connectivity index (χ2n) is 33.4. The second-order valence-corrected chi connectivity index (χ2v) is 33.4. The smallest absolute Gasteiger partial charge is 0.0715 e. The first-order chi connectivity index (χ1) is 61.2. The maximum atomic E-state index is 5.54. The van der Waals surface area contributed by atoms with Crippen LogP contribution in [-0.4, -0.2) is 18.7 Å². The number of anilines is 6. The van der Waals surface area contributed by atoms with Gasteiger partial charge < -0.3 is 23.5 Å². The van der Waals surface area contributed by atoms with E-state index in [4.69, 9.17) is 4.98 Å². The zero-order valence-electron chi connectivity index (χ0n) is 68.4. The number of fused-ring (bicyclic) bond motifs is 14. The van der Waals surface area contributed by atoms with Gasteiger partial charge in [-0.2, -0.15) is 0 Å². The molecular weight excluding hydrogens is 1500 g/mol. The molecule has 0 amide bonds. The van der Waals surface area contributed by atoms with E-state index in [-0.39, 0.29) is 5.41 Å². The van der Waals surface area contributed by atoms with Gasteiger partial charge >= 0.3 is 0 Å². The number of aromatic nitrogens is 4. The van der Waals surface area contributed by atoms with Gasteiger partial charge in [-0.3, -0.25) is 0 Å². The number of rotatable bonds is 15. The van der Waals surface area contributed by atoms with Gasteiger partial charge in [0.25, 0.3) is 0 Å². The molecule has 0 saturated carbocycles. The molecule has 0 aliphatic heterocycles. The Morgan fingerprint density at radius 2 is 0.500 bits per heavy atom. The van der Waals surface area contributed by atoms with Gasteiger partial charge in [0.15, 0.2) is 0 Å². The SMILES string of the molecule is CC1(C)c2cc(N(c3ccc(-c4ccccc4)cc3)c3cccc4ccccc34)ccc2-c2ccc(N(c3ccc(-c4cccc(-c5ccc6c(c5)c5ccccc5n6-c5ccc(-c6cc(-c7ccc(-n8c9ccccc9c9ccccc98)cc7)cc(-c7ccc(-n8c9ccccc9c9ccccc98)cc7)n6)cc5)c4)cc3)c3cccc4ccccc34)cc21. The third-order valence-electron chi connectivity index (χ3n) is 26.0. The molecule has 0 spiro atoms. The summed E-state index contributed by atoms with van der Waals surface area (Å²) in [6, 6.07) is 165. The zero-order valence-corrected chi connectivity index (χ0v) is 68.4. The van der Waals surface area contributed by atoms with Gasteiger partial charge in [-0.15, -0.1) is 0 Å². The fourth-order valence-electron chi connectivity index (χ4n) is 20.0. The van der Waals surface area contributed by atoms with E-state index in [0.29, 0.717) is 0 Å². The van der Waals surface area contributed by atoms with Gasteiger partial charge in [-0.1, -0.05) is 305 Å². The molecule has 6 nitrogen and oxygen atoms in total. The number of nitrogens with zero attached hydrogens (tertiary/aromatic N) is 6. The first-order valence-electron chi connectivity index (χ1n) is 42.8. The molecule has 0 radical (unpaired) electrons. The summed E-state index contributed by atoms with van der Waals surface area (Å²) in [5.41, 5.74) is 34.9. The Bertz CT molecular complexity index is 7880. The summed E-state index contributed by atoms with van der Waals surface area (Å²) < 4.78 is 7.17. The molecular formula is C118H80N6. The lowest BCUT2D eigenvalue weighted by Gasteiger charge is -2.30. The fraction of sp³-hybridized carbons (Fsp3) is 0.0254. The monoisotopic (exact) mass is 1580 g/mol. The molecule has 0 bridgehead atoms. The van der Waals surface area contributed by atoms with E-state index < -0.39 is 0 Å². The molecule has 0 fully saturated rings. The molecule has 0 N–H and O–H groups in total. The topological polar surface area (TPSA) is 34.2 Å². The molecule has 0 saturated heterocycles. The first kappa shape index (κ1) is 71.9. The van der Waals surface area contributed by atoms with Crippen molar-refractivity contribution in [1.82, 2.24) is 18.7 Å². The van der Waals surface area contributed by atoms with E-state index in [1.807, 2.05) is 0 Å². The van der Waals surface area contributed by atoms with Gasteiger partial charge in [0, 0.05) is 99.4 Å². The van der Waals surface area contributed by atoms with E-state index in [0.717, 1.165) is 118 Å². The maximum absolute atomic E-state index is 5.54. The van der Waals surface area contributed by atoms with Crippen molar-refractivity contribution >= 4 is 121 Å². The van der Waals surface area contributed by atoms with Crippen LogP contribution < -0.4 is 9.80 Å². The molecule has 582 valence electrons. The van der Waals surface area contributed by atoms with Crippen molar-refractivity contribution in [3.8, 4) is 95.2 Å². The number of hydrogen-bond donors (Lipinski definition) is 0. The highest BCUT2D eigenvalue weighted by Gasteiger charge is 2.37. The summed E-state index contributed by atoms with van der Waals surface area (Å²) in [5, 5.41) is 12.2. The van der Waals surface area contributed by atoms with Crippen LogP contribution >= 0.6 is 0 Å². The molecule has 0 atom stereocenters. The van der Waals surface area contributed by atoms with Crippen LogP contribution in [0.5, 0.6) is 0 Å². The molecule has 4 heterocycles. The minimum absolute atomic E-state index is 0.340. The van der Waals surface area contributed by atoms with Crippen molar-refractivity contribution < 1.29 is 0 Å². The Morgan fingerprint density at radius 1 is 0.202 bits per heavy atom. The lowest BCUT2D eigenvalue weighted by atomic mass is 9.82. The Kier molecular flexibility index (Phi) is 16.9. The van der Waals surface area contributed by atoms with E-state index in [1.54, 1.807) is 0 Å². The van der Waals surface area contributed by atoms with Crippen molar-refractivity contribution in [1.29, 1.82) is 0 Å². The minimum Gasteiger partial charge on any atom is -0.310 e. The van der Waals surface area contributed by atoms with E-state index >= 15 is 0 Å². The van der Waals surface area contributed by atoms with Gasteiger partial charge in [0.1, 0.15) is 0 Å². The summed E-state index contributed by atoms with van der Waals surface area (Å²) in [6.45, 7) is 4.80. The van der Waals surface area contributed by atoms with Crippen LogP contribution in [0.1, 0.15) is 25.0 Å². The third kappa shape index (κ3) is 12.0. The van der Waals surface area contributed by atoms with Crippen LogP contribution in [0.25, 0.3) is 182 Å². The van der Waals surface area contributed by atoms with Crippen molar-refractivity contribution in [3.63, 3.8) is 0 Å². The highest BCUT2D eigenvalue weighted by molar-refractivity contribution is 6.13. The molecule has 0 unspecified atom stereocenters. The summed E-state index contributed by atoms with van der Waals surface area (Å²) in [7, 11) is 0. The van der Waals surface area contributed by atoms with Crippen LogP contribution in [0.15, 0.2) is 449 Å². The normalized spacial score (nSPS) is 12.3. The maximum Gasteiger partial charge on any atom is 0.0715 e. The fourth-order valence-corrected chi connectivity index (χ4v) is 20.0. The quantitative estimate of drug-likeness (QED) is 0.103. The molecule has 124 heavy (non-hydrogen) atoms. The highest BCUT2D eigenvalue weighted by atomic mass is 15.2. The second kappa shape index (κ2) is 29.1. The predicted molar refractivity (Wildman–Crippen MR) is 522 cm³/mol. The number of benzene rings is 19. The largest absolute Gasteiger partial charge is 0.310 e. The van der Waals surface area contributed by atoms with Crippen LogP contribution in [0.4, 0.5) is 34.1 Å². The standard InChI is InChI=1S/C118H80N6/c1-118(2)106-75-94(120(110-43-21-27-81-25-6-8-31-96(81)110)89-56-45-78(46-57-89)77-23-4-3-5-24-77)66-68-98(106)99-69-67-95(76-107(99)118)121(111-44-22-28-82-26-7-9-32-97(82)111)90-58-47-79(48-59-90)85-29-20-30-86(71-85)87-55-70-117-105(72-87)104-37-14-19-42-116(104)124(117)93-64-53-84(54-65-93)109-74-88(80-49-60-91(61-50-80)122-112-38-15-10-33-100(112)101-34-11-16-39-113(101)122)73-108(119-109)83-51-62-92(63-52-83)123-114-40-17-12-35-102(114)103-36-13-18-41-115(103)123/h3-76H,1-2H3. The Morgan fingerprint density at radius 3 is 0.944 bits per heavy atom. The van der Waals surface area contributed by atoms with Gasteiger partial charge in [0.2, 0.25) is 0 Å². The predicted octanol–water partition coefficient (Wildman–Crippen LogP) is 31.9. The van der Waals surface area contributed by atoms with E-state index in [1.165, 1.54) is 109 Å². The molecule has 19 aromatic carbocycles. The lowest BCUT2D eigenvalue weighted by Crippen LogP contribution is -2.18. The molecule has 1 aliphatic carbocycles. The molecule has 4 aromatic heterocycles. The Hall–Kier alpha value is -16.2. The summed E-state index contributed by atoms with van der Waals surface area (Å²) >= 11 is 0. The lowest BCUT2D eigenvalue weighted by molar-refractivity contribution is 0.660. The van der Waals surface area contributed by atoms with Crippen molar-refractivity contribution in [3.05, 3.63) is 460 Å². The van der Waals surface area contributed by atoms with Gasteiger partial charge in [0.05, 0.1) is 55.9 Å². The minimum atomic E-state index is -0.340. The molecule has 24 rings (SSSR count). The zero-order chi connectivity index (χ0) is 82.1. The van der Waals surface area contributed by atoms with Crippen molar-refractivity contribution in [2.24, 2.45) is 0 Å². The van der Waals surface area contributed by atoms with Gasteiger partial charge in [-0.25, -0.2) is 4.98 Å². The summed E-state index contributed by atoms with van der Waals surface area (Å²) in [6.07, 6.45) is 0. The average molecular weight is 1580 g/mol. The van der Waals surface area contributed by atoms with Crippen LogP contribution in [0.2, 0.25) is 0 Å². The van der Waals surface area contributed by atoms with E-state index in [9.17, 15) is 0 Å². The Labute approximate surface area is 719 Å². The Balaban J connectivity index is 0.544. The van der Waals surface area contributed by atoms with Crippen LogP contribution in [0.3, 0.4) is 0 Å². The van der Waals surface area contributed by atoms with E-state index in [2.05, 4.69) is 486 Å².